The Labute approximate surface area is 177 Å². The first-order valence-electron chi connectivity index (χ1n) is 9.87. The first-order valence-corrected chi connectivity index (χ1v) is 11.4. The number of benzene rings is 1. The van der Waals surface area contributed by atoms with Crippen LogP contribution >= 0.6 is 12.4 Å². The standard InChI is InChI=1S/C20H28FN3O3S.ClH/c1-19(2,24-28(26,27)16-6-4-3-5-15(16)21)18(25)23-17-13-7-12-8-14(17)11-20(22,9-12)10-13;/h3-6,12-14,17,24H,7-11,22H2,1-2H3,(H,23,25);1H. The van der Waals surface area contributed by atoms with E-state index in [1.165, 1.54) is 32.0 Å². The van der Waals surface area contributed by atoms with Gasteiger partial charge in [0.15, 0.2) is 0 Å². The van der Waals surface area contributed by atoms with Crippen LogP contribution < -0.4 is 15.8 Å². The van der Waals surface area contributed by atoms with Crippen LogP contribution in [0.2, 0.25) is 0 Å². The third-order valence-corrected chi connectivity index (χ3v) is 8.39. The number of nitrogens with two attached hydrogens (primary N) is 1. The highest BCUT2D eigenvalue weighted by Crippen LogP contribution is 2.54. The van der Waals surface area contributed by atoms with Gasteiger partial charge in [-0.3, -0.25) is 4.79 Å². The van der Waals surface area contributed by atoms with Crippen molar-refractivity contribution in [2.45, 2.75) is 68.0 Å². The molecule has 4 aliphatic carbocycles. The van der Waals surface area contributed by atoms with E-state index in [2.05, 4.69) is 10.0 Å². The van der Waals surface area contributed by atoms with Gasteiger partial charge < -0.3 is 11.1 Å². The van der Waals surface area contributed by atoms with Crippen LogP contribution in [0.3, 0.4) is 0 Å². The average molecular weight is 446 g/mol. The zero-order valence-electron chi connectivity index (χ0n) is 16.7. The first-order chi connectivity index (χ1) is 13.0. The van der Waals surface area contributed by atoms with E-state index in [4.69, 9.17) is 5.73 Å². The van der Waals surface area contributed by atoms with Crippen molar-refractivity contribution < 1.29 is 17.6 Å². The highest BCUT2D eigenvalue weighted by molar-refractivity contribution is 7.89. The molecule has 0 spiro atoms. The van der Waals surface area contributed by atoms with E-state index >= 15 is 0 Å². The molecule has 4 saturated carbocycles. The SMILES string of the molecule is CC(C)(NS(=O)(=O)c1ccccc1F)C(=O)NC1C2CC3CC1CC(N)(C3)C2.Cl. The summed E-state index contributed by atoms with van der Waals surface area (Å²) in [6, 6.07) is 5.16. The minimum atomic E-state index is -4.17. The quantitative estimate of drug-likeness (QED) is 0.647. The molecule has 0 saturated heterocycles. The molecule has 4 aliphatic rings. The molecule has 0 heterocycles. The number of hydrogen-bond donors (Lipinski definition) is 3. The Morgan fingerprint density at radius 1 is 1.17 bits per heavy atom. The topological polar surface area (TPSA) is 101 Å². The van der Waals surface area contributed by atoms with E-state index in [0.29, 0.717) is 17.8 Å². The van der Waals surface area contributed by atoms with E-state index < -0.39 is 32.2 Å². The smallest absolute Gasteiger partial charge is 0.244 e. The first kappa shape index (κ1) is 22.5. The van der Waals surface area contributed by atoms with Gasteiger partial charge in [0.05, 0.1) is 0 Å². The monoisotopic (exact) mass is 445 g/mol. The van der Waals surface area contributed by atoms with Crippen molar-refractivity contribution in [3.63, 3.8) is 0 Å². The Morgan fingerprint density at radius 3 is 2.31 bits per heavy atom. The van der Waals surface area contributed by atoms with Gasteiger partial charge in [0, 0.05) is 11.6 Å². The maximum atomic E-state index is 13.9. The second-order valence-corrected chi connectivity index (χ2v) is 11.1. The van der Waals surface area contributed by atoms with Gasteiger partial charge in [0.25, 0.3) is 0 Å². The lowest BCUT2D eigenvalue weighted by molar-refractivity contribution is -0.130. The summed E-state index contributed by atoms with van der Waals surface area (Å²) >= 11 is 0. The predicted molar refractivity (Wildman–Crippen MR) is 110 cm³/mol. The van der Waals surface area contributed by atoms with Gasteiger partial charge in [0.1, 0.15) is 16.3 Å². The van der Waals surface area contributed by atoms with Crippen molar-refractivity contribution in [1.29, 1.82) is 0 Å². The third-order valence-electron chi connectivity index (χ3n) is 6.70. The molecule has 1 amide bonds. The van der Waals surface area contributed by atoms with Gasteiger partial charge in [-0.1, -0.05) is 12.1 Å². The minimum Gasteiger partial charge on any atom is -0.351 e. The molecule has 4 fully saturated rings. The van der Waals surface area contributed by atoms with E-state index in [1.54, 1.807) is 0 Å². The molecule has 0 aliphatic heterocycles. The molecule has 162 valence electrons. The summed E-state index contributed by atoms with van der Waals surface area (Å²) in [5.41, 5.74) is 5.02. The Hall–Kier alpha value is -1.22. The summed E-state index contributed by atoms with van der Waals surface area (Å²) in [7, 11) is -4.17. The van der Waals surface area contributed by atoms with Crippen LogP contribution in [0.4, 0.5) is 4.39 Å². The Morgan fingerprint density at radius 2 is 1.76 bits per heavy atom. The fourth-order valence-corrected chi connectivity index (χ4v) is 7.21. The fraction of sp³-hybridized carbons (Fsp3) is 0.650. The second kappa shape index (κ2) is 7.48. The number of hydrogen-bond acceptors (Lipinski definition) is 4. The molecule has 1 aromatic carbocycles. The summed E-state index contributed by atoms with van der Waals surface area (Å²) in [5.74, 6) is 0.0954. The van der Waals surface area contributed by atoms with Gasteiger partial charge in [-0.05, 0) is 75.8 Å². The Kier molecular flexibility index (Phi) is 5.79. The molecule has 0 aromatic heterocycles. The van der Waals surface area contributed by atoms with E-state index in [1.807, 2.05) is 0 Å². The lowest BCUT2D eigenvalue weighted by atomic mass is 9.51. The molecule has 2 unspecified atom stereocenters. The highest BCUT2D eigenvalue weighted by atomic mass is 35.5. The predicted octanol–water partition coefficient (Wildman–Crippen LogP) is 2.33. The number of carbonyl (C=O) groups excluding carboxylic acids is 1. The van der Waals surface area contributed by atoms with Crippen LogP contribution in [0.5, 0.6) is 0 Å². The van der Waals surface area contributed by atoms with Crippen LogP contribution in [0.15, 0.2) is 29.2 Å². The largest absolute Gasteiger partial charge is 0.351 e. The van der Waals surface area contributed by atoms with Crippen LogP contribution in [-0.4, -0.2) is 31.4 Å². The van der Waals surface area contributed by atoms with Crippen molar-refractivity contribution >= 4 is 28.3 Å². The fourth-order valence-electron chi connectivity index (χ4n) is 5.75. The van der Waals surface area contributed by atoms with Gasteiger partial charge >= 0.3 is 0 Å². The molecule has 4 bridgehead atoms. The molecule has 1 aromatic rings. The lowest BCUT2D eigenvalue weighted by Crippen LogP contribution is -2.66. The number of carbonyl (C=O) groups is 1. The van der Waals surface area contributed by atoms with Crippen molar-refractivity contribution in [2.24, 2.45) is 23.5 Å². The number of rotatable bonds is 5. The molecule has 29 heavy (non-hydrogen) atoms. The summed E-state index contributed by atoms with van der Waals surface area (Å²) in [6.07, 6.45) is 5.04. The van der Waals surface area contributed by atoms with E-state index in [-0.39, 0.29) is 24.0 Å². The molecule has 2 atom stereocenters. The summed E-state index contributed by atoms with van der Waals surface area (Å²) < 4.78 is 41.5. The molecule has 6 nitrogen and oxygen atoms in total. The van der Waals surface area contributed by atoms with Crippen LogP contribution in [0, 0.1) is 23.6 Å². The molecular formula is C20H29ClFN3O3S. The molecule has 9 heteroatoms. The van der Waals surface area contributed by atoms with Crippen LogP contribution in [-0.2, 0) is 14.8 Å². The average Bonchev–Trinajstić information content (AvgIpc) is 2.55. The second-order valence-electron chi connectivity index (χ2n) is 9.49. The van der Waals surface area contributed by atoms with Crippen molar-refractivity contribution in [3.05, 3.63) is 30.1 Å². The number of amides is 1. The highest BCUT2D eigenvalue weighted by Gasteiger charge is 2.54. The number of nitrogens with one attached hydrogen (secondary N) is 2. The maximum Gasteiger partial charge on any atom is 0.244 e. The zero-order chi connectivity index (χ0) is 20.3. The van der Waals surface area contributed by atoms with Gasteiger partial charge in [-0.25, -0.2) is 12.8 Å². The van der Waals surface area contributed by atoms with Gasteiger partial charge in [-0.15, -0.1) is 12.4 Å². The van der Waals surface area contributed by atoms with Crippen molar-refractivity contribution in [2.75, 3.05) is 0 Å². The number of halogens is 2. The normalized spacial score (nSPS) is 33.2. The van der Waals surface area contributed by atoms with Gasteiger partial charge in [-0.2, -0.15) is 4.72 Å². The Balaban J connectivity index is 0.00000240. The zero-order valence-corrected chi connectivity index (χ0v) is 18.3. The van der Waals surface area contributed by atoms with Crippen molar-refractivity contribution in [1.82, 2.24) is 10.0 Å². The number of sulfonamides is 1. The Bertz CT molecular complexity index is 892. The lowest BCUT2D eigenvalue weighted by Gasteiger charge is -2.59. The van der Waals surface area contributed by atoms with Crippen LogP contribution in [0.25, 0.3) is 0 Å². The molecule has 4 N–H and O–H groups in total. The maximum absolute atomic E-state index is 13.9. The van der Waals surface area contributed by atoms with Crippen molar-refractivity contribution in [3.8, 4) is 0 Å². The van der Waals surface area contributed by atoms with Crippen LogP contribution in [0.1, 0.15) is 46.0 Å². The molecule has 5 rings (SSSR count). The van der Waals surface area contributed by atoms with E-state index in [9.17, 15) is 17.6 Å². The van der Waals surface area contributed by atoms with Gasteiger partial charge in [0.2, 0.25) is 15.9 Å². The molecular weight excluding hydrogens is 417 g/mol. The summed E-state index contributed by atoms with van der Waals surface area (Å²) in [4.78, 5) is 12.5. The molecule has 0 radical (unpaired) electrons. The summed E-state index contributed by atoms with van der Waals surface area (Å²) in [6.45, 7) is 3.00. The minimum absolute atomic E-state index is 0. The van der Waals surface area contributed by atoms with E-state index in [0.717, 1.165) is 38.2 Å². The summed E-state index contributed by atoms with van der Waals surface area (Å²) in [5, 5.41) is 3.09. The third kappa shape index (κ3) is 4.17.